The van der Waals surface area contributed by atoms with Gasteiger partial charge < -0.3 is 10.3 Å². The van der Waals surface area contributed by atoms with Gasteiger partial charge in [0.1, 0.15) is 5.82 Å². The van der Waals surface area contributed by atoms with Crippen molar-refractivity contribution in [3.8, 4) is 0 Å². The summed E-state index contributed by atoms with van der Waals surface area (Å²) in [7, 11) is 1.98. The van der Waals surface area contributed by atoms with Crippen LogP contribution in [0.2, 0.25) is 0 Å². The first-order valence-corrected chi connectivity index (χ1v) is 6.61. The smallest absolute Gasteiger partial charge is 0.125 e. The summed E-state index contributed by atoms with van der Waals surface area (Å²) in [5, 5.41) is 1.16. The quantitative estimate of drug-likeness (QED) is 0.867. The van der Waals surface area contributed by atoms with E-state index in [9.17, 15) is 4.39 Å². The van der Waals surface area contributed by atoms with E-state index in [0.29, 0.717) is 6.54 Å². The van der Waals surface area contributed by atoms with E-state index in [2.05, 4.69) is 6.20 Å². The van der Waals surface area contributed by atoms with E-state index in [-0.39, 0.29) is 11.2 Å². The van der Waals surface area contributed by atoms with Gasteiger partial charge in [0.25, 0.3) is 0 Å². The van der Waals surface area contributed by atoms with E-state index in [1.54, 1.807) is 12.1 Å². The van der Waals surface area contributed by atoms with E-state index in [4.69, 9.17) is 5.73 Å². The molecule has 3 rings (SSSR count). The van der Waals surface area contributed by atoms with Crippen LogP contribution in [0.3, 0.4) is 0 Å². The van der Waals surface area contributed by atoms with Crippen molar-refractivity contribution in [3.63, 3.8) is 0 Å². The summed E-state index contributed by atoms with van der Waals surface area (Å²) >= 11 is 0. The van der Waals surface area contributed by atoms with Gasteiger partial charge in [-0.25, -0.2) is 4.39 Å². The third-order valence-electron chi connectivity index (χ3n) is 4.48. The largest absolute Gasteiger partial charge is 0.350 e. The summed E-state index contributed by atoms with van der Waals surface area (Å²) in [6.07, 6.45) is 6.94. The molecule has 3 heteroatoms. The van der Waals surface area contributed by atoms with Crippen molar-refractivity contribution in [2.24, 2.45) is 12.8 Å². The Hall–Kier alpha value is -1.35. The molecule has 0 bridgehead atoms. The van der Waals surface area contributed by atoms with E-state index in [1.807, 2.05) is 17.7 Å². The fourth-order valence-corrected chi connectivity index (χ4v) is 3.41. The minimum Gasteiger partial charge on any atom is -0.350 e. The van der Waals surface area contributed by atoms with Gasteiger partial charge in [0, 0.05) is 30.6 Å². The Morgan fingerprint density at radius 1 is 1.33 bits per heavy atom. The molecule has 0 aliphatic heterocycles. The van der Waals surface area contributed by atoms with Crippen molar-refractivity contribution in [2.45, 2.75) is 31.1 Å². The van der Waals surface area contributed by atoms with Crippen LogP contribution in [0.4, 0.5) is 4.39 Å². The highest BCUT2D eigenvalue weighted by Crippen LogP contribution is 2.43. The van der Waals surface area contributed by atoms with Gasteiger partial charge >= 0.3 is 0 Å². The van der Waals surface area contributed by atoms with Crippen LogP contribution < -0.4 is 5.73 Å². The van der Waals surface area contributed by atoms with Crippen LogP contribution in [0.25, 0.3) is 10.9 Å². The zero-order valence-corrected chi connectivity index (χ0v) is 10.7. The molecule has 2 aromatic rings. The lowest BCUT2D eigenvalue weighted by Gasteiger charge is -2.27. The maximum Gasteiger partial charge on any atom is 0.125 e. The lowest BCUT2D eigenvalue weighted by Crippen LogP contribution is -2.31. The number of hydrogen-bond acceptors (Lipinski definition) is 1. The summed E-state index contributed by atoms with van der Waals surface area (Å²) in [6.45, 7) is 0.684. The Morgan fingerprint density at radius 2 is 2.06 bits per heavy atom. The molecule has 1 aliphatic rings. The van der Waals surface area contributed by atoms with Crippen molar-refractivity contribution < 1.29 is 4.39 Å². The highest BCUT2D eigenvalue weighted by molar-refractivity contribution is 5.85. The summed E-state index contributed by atoms with van der Waals surface area (Å²) in [6, 6.07) is 5.05. The zero-order valence-electron chi connectivity index (χ0n) is 10.7. The Kier molecular flexibility index (Phi) is 2.67. The molecule has 1 aromatic heterocycles. The van der Waals surface area contributed by atoms with Crippen LogP contribution in [-0.4, -0.2) is 11.1 Å². The van der Waals surface area contributed by atoms with Crippen LogP contribution in [0, 0.1) is 5.82 Å². The second-order valence-corrected chi connectivity index (χ2v) is 5.51. The van der Waals surface area contributed by atoms with E-state index in [0.717, 1.165) is 23.7 Å². The molecule has 1 heterocycles. The van der Waals surface area contributed by atoms with Crippen molar-refractivity contribution in [3.05, 3.63) is 35.8 Å². The summed E-state index contributed by atoms with van der Waals surface area (Å²) < 4.78 is 15.4. The average molecular weight is 246 g/mol. The fourth-order valence-electron chi connectivity index (χ4n) is 3.41. The fraction of sp³-hybridized carbons (Fsp3) is 0.467. The first-order valence-electron chi connectivity index (χ1n) is 6.61. The third kappa shape index (κ3) is 1.57. The van der Waals surface area contributed by atoms with Gasteiger partial charge in [0.05, 0.1) is 5.52 Å². The van der Waals surface area contributed by atoms with E-state index < -0.39 is 0 Å². The molecule has 18 heavy (non-hydrogen) atoms. The number of fused-ring (bicyclic) bond motifs is 1. The molecule has 0 radical (unpaired) electrons. The molecule has 0 spiro atoms. The Bertz CT molecular complexity index is 579. The van der Waals surface area contributed by atoms with Gasteiger partial charge in [0.2, 0.25) is 0 Å². The van der Waals surface area contributed by atoms with Crippen molar-refractivity contribution in [1.29, 1.82) is 0 Å². The first-order chi connectivity index (χ1) is 8.66. The lowest BCUT2D eigenvalue weighted by molar-refractivity contribution is 0.456. The van der Waals surface area contributed by atoms with Gasteiger partial charge in [0.15, 0.2) is 0 Å². The van der Waals surface area contributed by atoms with Crippen molar-refractivity contribution >= 4 is 10.9 Å². The minimum atomic E-state index is -0.177. The molecular weight excluding hydrogens is 227 g/mol. The van der Waals surface area contributed by atoms with E-state index in [1.165, 1.54) is 18.4 Å². The first kappa shape index (κ1) is 11.7. The molecule has 0 amide bonds. The van der Waals surface area contributed by atoms with Crippen LogP contribution in [-0.2, 0) is 12.5 Å². The Morgan fingerprint density at radius 3 is 2.72 bits per heavy atom. The van der Waals surface area contributed by atoms with Crippen LogP contribution >= 0.6 is 0 Å². The van der Waals surface area contributed by atoms with Gasteiger partial charge in [-0.05, 0) is 36.6 Å². The number of benzene rings is 1. The van der Waals surface area contributed by atoms with Crippen LogP contribution in [0.15, 0.2) is 24.4 Å². The van der Waals surface area contributed by atoms with Gasteiger partial charge in [-0.3, -0.25) is 0 Å². The Labute approximate surface area is 107 Å². The molecule has 1 fully saturated rings. The number of nitrogens with two attached hydrogens (primary N) is 1. The van der Waals surface area contributed by atoms with Gasteiger partial charge in [-0.15, -0.1) is 0 Å². The number of aryl methyl sites for hydroxylation is 1. The maximum absolute atomic E-state index is 13.3. The van der Waals surface area contributed by atoms with Crippen molar-refractivity contribution in [1.82, 2.24) is 4.57 Å². The zero-order chi connectivity index (χ0) is 12.8. The predicted octanol–water partition coefficient (Wildman–Crippen LogP) is 3.09. The number of halogens is 1. The molecule has 96 valence electrons. The SMILES string of the molecule is Cn1cc(C2(CN)CCCC2)c2ccc(F)cc21. The standard InChI is InChI=1S/C15H19FN2/c1-18-9-13(15(10-17)6-2-3-7-15)12-5-4-11(16)8-14(12)18/h4-5,8-9H,2-3,6-7,10,17H2,1H3. The highest BCUT2D eigenvalue weighted by atomic mass is 19.1. The highest BCUT2D eigenvalue weighted by Gasteiger charge is 2.36. The molecule has 1 aliphatic carbocycles. The minimum absolute atomic E-state index is 0.108. The lowest BCUT2D eigenvalue weighted by atomic mass is 9.79. The molecular formula is C15H19FN2. The molecule has 0 atom stereocenters. The van der Waals surface area contributed by atoms with Crippen LogP contribution in [0.1, 0.15) is 31.2 Å². The Balaban J connectivity index is 2.23. The summed E-state index contributed by atoms with van der Waals surface area (Å²) in [5.74, 6) is -0.177. The molecule has 1 aromatic carbocycles. The normalized spacial score (nSPS) is 18.6. The maximum atomic E-state index is 13.3. The molecule has 1 saturated carbocycles. The van der Waals surface area contributed by atoms with Gasteiger partial charge in [-0.1, -0.05) is 12.8 Å². The monoisotopic (exact) mass is 246 g/mol. The molecule has 0 saturated heterocycles. The second kappa shape index (κ2) is 4.09. The van der Waals surface area contributed by atoms with E-state index >= 15 is 0 Å². The molecule has 2 N–H and O–H groups in total. The van der Waals surface area contributed by atoms with Crippen LogP contribution in [0.5, 0.6) is 0 Å². The summed E-state index contributed by atoms with van der Waals surface area (Å²) in [4.78, 5) is 0. The third-order valence-corrected chi connectivity index (χ3v) is 4.48. The second-order valence-electron chi connectivity index (χ2n) is 5.51. The predicted molar refractivity (Wildman–Crippen MR) is 72.1 cm³/mol. The molecule has 2 nitrogen and oxygen atoms in total. The summed E-state index contributed by atoms with van der Waals surface area (Å²) in [5.41, 5.74) is 8.42. The van der Waals surface area contributed by atoms with Gasteiger partial charge in [-0.2, -0.15) is 0 Å². The molecule has 0 unspecified atom stereocenters. The average Bonchev–Trinajstić information content (AvgIpc) is 2.96. The number of hydrogen-bond donors (Lipinski definition) is 1. The topological polar surface area (TPSA) is 30.9 Å². The number of nitrogens with zero attached hydrogens (tertiary/aromatic N) is 1. The van der Waals surface area contributed by atoms with Crippen molar-refractivity contribution in [2.75, 3.05) is 6.54 Å². The number of aromatic nitrogens is 1. The number of rotatable bonds is 2.